The highest BCUT2D eigenvalue weighted by Gasteiger charge is 2.23. The van der Waals surface area contributed by atoms with Gasteiger partial charge in [0, 0.05) is 36.5 Å². The maximum absolute atomic E-state index is 11.9. The minimum atomic E-state index is 0.331. The highest BCUT2D eigenvalue weighted by Crippen LogP contribution is 2.26. The third-order valence-corrected chi connectivity index (χ3v) is 4.48. The van der Waals surface area contributed by atoms with E-state index in [0.29, 0.717) is 11.9 Å². The molecule has 0 spiro atoms. The summed E-state index contributed by atoms with van der Waals surface area (Å²) >= 11 is 0. The molecule has 0 radical (unpaired) electrons. The molecule has 104 valence electrons. The normalized spacial score (nSPS) is 23.4. The smallest absolute Gasteiger partial charge is 0.164 e. The van der Waals surface area contributed by atoms with Crippen molar-refractivity contribution in [1.29, 1.82) is 0 Å². The second kappa shape index (κ2) is 5.49. The van der Waals surface area contributed by atoms with Gasteiger partial charge in [-0.15, -0.1) is 0 Å². The van der Waals surface area contributed by atoms with Gasteiger partial charge >= 0.3 is 0 Å². The van der Waals surface area contributed by atoms with Crippen LogP contribution in [0.4, 0.5) is 0 Å². The quantitative estimate of drug-likeness (QED) is 0.836. The monoisotopic (exact) mass is 261 g/mol. The first kappa shape index (κ1) is 12.9. The number of hydrogen-bond acceptors (Lipinski definition) is 2. The molecule has 1 unspecified atom stereocenters. The zero-order valence-electron chi connectivity index (χ0n) is 11.8. The van der Waals surface area contributed by atoms with E-state index in [4.69, 9.17) is 4.74 Å². The van der Waals surface area contributed by atoms with E-state index in [1.807, 2.05) is 0 Å². The lowest BCUT2D eigenvalue weighted by Gasteiger charge is -2.24. The molecule has 0 N–H and O–H groups in total. The summed E-state index contributed by atoms with van der Waals surface area (Å²) in [5, 5.41) is 0. The SMILES string of the molecule is Cc1cc2c(n1CCC1CCCCO1)CCCC2=O. The Labute approximate surface area is 114 Å². The van der Waals surface area contributed by atoms with Crippen LogP contribution >= 0.6 is 0 Å². The third-order valence-electron chi connectivity index (χ3n) is 4.48. The first-order valence-electron chi connectivity index (χ1n) is 7.59. The molecule has 1 atom stereocenters. The van der Waals surface area contributed by atoms with Crippen molar-refractivity contribution in [3.05, 3.63) is 23.0 Å². The summed E-state index contributed by atoms with van der Waals surface area (Å²) in [4.78, 5) is 11.9. The van der Waals surface area contributed by atoms with E-state index in [1.165, 1.54) is 30.7 Å². The maximum atomic E-state index is 11.9. The number of hydrogen-bond donors (Lipinski definition) is 0. The molecule has 1 fully saturated rings. The highest BCUT2D eigenvalue weighted by atomic mass is 16.5. The Morgan fingerprint density at radius 3 is 3.00 bits per heavy atom. The molecular weight excluding hydrogens is 238 g/mol. The van der Waals surface area contributed by atoms with E-state index in [9.17, 15) is 4.79 Å². The van der Waals surface area contributed by atoms with Crippen LogP contribution < -0.4 is 0 Å². The Balaban J connectivity index is 1.72. The number of rotatable bonds is 3. The number of nitrogens with zero attached hydrogens (tertiary/aromatic N) is 1. The molecule has 3 nitrogen and oxygen atoms in total. The lowest BCUT2D eigenvalue weighted by Crippen LogP contribution is -2.22. The first-order valence-corrected chi connectivity index (χ1v) is 7.59. The van der Waals surface area contributed by atoms with Gasteiger partial charge < -0.3 is 9.30 Å². The van der Waals surface area contributed by atoms with Crippen molar-refractivity contribution in [2.75, 3.05) is 6.61 Å². The van der Waals surface area contributed by atoms with E-state index in [2.05, 4.69) is 17.6 Å². The standard InChI is InChI=1S/C16H23NO2/c1-12-11-14-15(6-4-7-16(14)18)17(12)9-8-13-5-2-3-10-19-13/h11,13H,2-10H2,1H3. The van der Waals surface area contributed by atoms with Crippen LogP contribution in [0.15, 0.2) is 6.07 Å². The van der Waals surface area contributed by atoms with Crippen molar-refractivity contribution >= 4 is 5.78 Å². The molecule has 1 aliphatic carbocycles. The molecule has 1 aromatic rings. The lowest BCUT2D eigenvalue weighted by atomic mass is 9.96. The largest absolute Gasteiger partial charge is 0.378 e. The van der Waals surface area contributed by atoms with Gasteiger partial charge in [-0.3, -0.25) is 4.79 Å². The van der Waals surface area contributed by atoms with Crippen LogP contribution in [0.25, 0.3) is 0 Å². The highest BCUT2D eigenvalue weighted by molar-refractivity contribution is 5.98. The number of carbonyl (C=O) groups excluding carboxylic acids is 1. The molecular formula is C16H23NO2. The van der Waals surface area contributed by atoms with E-state index in [1.54, 1.807) is 0 Å². The molecule has 0 aromatic carbocycles. The van der Waals surface area contributed by atoms with Gasteiger partial charge in [0.2, 0.25) is 0 Å². The van der Waals surface area contributed by atoms with Gasteiger partial charge in [-0.25, -0.2) is 0 Å². The van der Waals surface area contributed by atoms with Crippen LogP contribution in [0.2, 0.25) is 0 Å². The van der Waals surface area contributed by atoms with Gasteiger partial charge in [-0.2, -0.15) is 0 Å². The van der Waals surface area contributed by atoms with Gasteiger partial charge in [-0.1, -0.05) is 0 Å². The molecule has 19 heavy (non-hydrogen) atoms. The lowest BCUT2D eigenvalue weighted by molar-refractivity contribution is 0.00864. The Morgan fingerprint density at radius 2 is 2.21 bits per heavy atom. The molecule has 3 rings (SSSR count). The molecule has 3 heteroatoms. The average Bonchev–Trinajstić information content (AvgIpc) is 2.75. The first-order chi connectivity index (χ1) is 9.25. The fraction of sp³-hybridized carbons (Fsp3) is 0.688. The summed E-state index contributed by atoms with van der Waals surface area (Å²) in [6.07, 6.45) is 8.00. The molecule has 0 amide bonds. The Kier molecular flexibility index (Phi) is 3.74. The summed E-state index contributed by atoms with van der Waals surface area (Å²) in [7, 11) is 0. The van der Waals surface area contributed by atoms with E-state index >= 15 is 0 Å². The third kappa shape index (κ3) is 2.62. The summed E-state index contributed by atoms with van der Waals surface area (Å²) in [6, 6.07) is 2.08. The summed E-state index contributed by atoms with van der Waals surface area (Å²) < 4.78 is 8.15. The van der Waals surface area contributed by atoms with Crippen LogP contribution in [-0.4, -0.2) is 23.1 Å². The second-order valence-corrected chi connectivity index (χ2v) is 5.85. The van der Waals surface area contributed by atoms with Crippen LogP contribution in [0.1, 0.15) is 60.3 Å². The predicted octanol–water partition coefficient (Wildman–Crippen LogP) is 3.27. The van der Waals surface area contributed by atoms with E-state index in [0.717, 1.165) is 44.4 Å². The number of fused-ring (bicyclic) bond motifs is 1. The number of Topliss-reactive ketones (excluding diaryl/α,β-unsaturated/α-hetero) is 1. The zero-order valence-corrected chi connectivity index (χ0v) is 11.8. The minimum Gasteiger partial charge on any atom is -0.378 e. The summed E-state index contributed by atoms with van der Waals surface area (Å²) in [5.74, 6) is 0.331. The number of aryl methyl sites for hydroxylation is 1. The molecule has 1 aliphatic heterocycles. The molecule has 2 heterocycles. The molecule has 2 aliphatic rings. The van der Waals surface area contributed by atoms with Crippen molar-refractivity contribution in [3.8, 4) is 0 Å². The van der Waals surface area contributed by atoms with Crippen molar-refractivity contribution in [2.24, 2.45) is 0 Å². The Hall–Kier alpha value is -1.09. The predicted molar refractivity (Wildman–Crippen MR) is 74.6 cm³/mol. The number of aromatic nitrogens is 1. The fourth-order valence-electron chi connectivity index (χ4n) is 3.41. The van der Waals surface area contributed by atoms with Gasteiger partial charge in [0.25, 0.3) is 0 Å². The molecule has 1 aromatic heterocycles. The topological polar surface area (TPSA) is 31.2 Å². The van der Waals surface area contributed by atoms with Crippen molar-refractivity contribution in [2.45, 2.75) is 64.5 Å². The average molecular weight is 261 g/mol. The van der Waals surface area contributed by atoms with Crippen molar-refractivity contribution in [3.63, 3.8) is 0 Å². The molecule has 0 bridgehead atoms. The van der Waals surface area contributed by atoms with Gasteiger partial charge in [0.05, 0.1) is 6.10 Å². The minimum absolute atomic E-state index is 0.331. The van der Waals surface area contributed by atoms with Gasteiger partial charge in [0.15, 0.2) is 5.78 Å². The van der Waals surface area contributed by atoms with Gasteiger partial charge in [-0.05, 0) is 51.5 Å². The fourth-order valence-corrected chi connectivity index (χ4v) is 3.41. The van der Waals surface area contributed by atoms with Crippen LogP contribution in [0.5, 0.6) is 0 Å². The summed E-state index contributed by atoms with van der Waals surface area (Å²) in [6.45, 7) is 4.04. The second-order valence-electron chi connectivity index (χ2n) is 5.85. The van der Waals surface area contributed by atoms with E-state index in [-0.39, 0.29) is 0 Å². The number of carbonyl (C=O) groups is 1. The van der Waals surface area contributed by atoms with Crippen LogP contribution in [-0.2, 0) is 17.7 Å². The van der Waals surface area contributed by atoms with Gasteiger partial charge in [0.1, 0.15) is 0 Å². The van der Waals surface area contributed by atoms with E-state index < -0.39 is 0 Å². The zero-order chi connectivity index (χ0) is 13.2. The number of ketones is 1. The Bertz CT molecular complexity index is 469. The maximum Gasteiger partial charge on any atom is 0.164 e. The van der Waals surface area contributed by atoms with Crippen LogP contribution in [0, 0.1) is 6.92 Å². The van der Waals surface area contributed by atoms with Crippen LogP contribution in [0.3, 0.4) is 0 Å². The van der Waals surface area contributed by atoms with Crippen molar-refractivity contribution < 1.29 is 9.53 Å². The summed E-state index contributed by atoms with van der Waals surface area (Å²) in [5.41, 5.74) is 3.48. The number of ether oxygens (including phenoxy) is 1. The van der Waals surface area contributed by atoms with Crippen molar-refractivity contribution in [1.82, 2.24) is 4.57 Å². The molecule has 1 saturated heterocycles. The Morgan fingerprint density at radius 1 is 1.32 bits per heavy atom. The molecule has 0 saturated carbocycles.